The molecular formula is C12H22N6O. The molecule has 2 rings (SSSR count). The van der Waals surface area contributed by atoms with Gasteiger partial charge in [-0.2, -0.15) is 15.0 Å². The quantitative estimate of drug-likeness (QED) is 0.848. The number of anilines is 2. The number of likely N-dealkylation sites (N-methyl/N-ethyl adjacent to an activating group) is 1. The van der Waals surface area contributed by atoms with Crippen LogP contribution in [0.4, 0.5) is 11.9 Å². The van der Waals surface area contributed by atoms with E-state index in [0.717, 1.165) is 26.2 Å². The molecule has 0 amide bonds. The molecule has 1 aromatic rings. The molecule has 0 aromatic carbocycles. The van der Waals surface area contributed by atoms with Crippen molar-refractivity contribution >= 4 is 11.9 Å². The molecule has 1 atom stereocenters. The predicted molar refractivity (Wildman–Crippen MR) is 74.8 cm³/mol. The van der Waals surface area contributed by atoms with E-state index in [4.69, 9.17) is 4.74 Å². The van der Waals surface area contributed by atoms with Crippen molar-refractivity contribution in [2.75, 3.05) is 50.6 Å². The summed E-state index contributed by atoms with van der Waals surface area (Å²) in [7, 11) is 3.70. The number of methoxy groups -OCH3 is 1. The zero-order valence-corrected chi connectivity index (χ0v) is 12.1. The highest BCUT2D eigenvalue weighted by atomic mass is 16.5. The number of piperazine rings is 1. The van der Waals surface area contributed by atoms with Crippen molar-refractivity contribution in [3.05, 3.63) is 0 Å². The molecule has 1 aromatic heterocycles. The lowest BCUT2D eigenvalue weighted by atomic mass is 10.2. The monoisotopic (exact) mass is 266 g/mol. The van der Waals surface area contributed by atoms with Crippen molar-refractivity contribution < 1.29 is 4.74 Å². The normalized spacial score (nSPS) is 20.4. The van der Waals surface area contributed by atoms with Gasteiger partial charge in [-0.1, -0.05) is 0 Å². The second kappa shape index (κ2) is 6.01. The number of ether oxygens (including phenoxy) is 1. The van der Waals surface area contributed by atoms with E-state index in [1.54, 1.807) is 7.11 Å². The van der Waals surface area contributed by atoms with E-state index in [0.29, 0.717) is 23.9 Å². The summed E-state index contributed by atoms with van der Waals surface area (Å²) in [6, 6.07) is 0.729. The van der Waals surface area contributed by atoms with Gasteiger partial charge in [0.2, 0.25) is 11.9 Å². The van der Waals surface area contributed by atoms with E-state index in [9.17, 15) is 0 Å². The van der Waals surface area contributed by atoms with Gasteiger partial charge in [0.1, 0.15) is 0 Å². The highest BCUT2D eigenvalue weighted by Crippen LogP contribution is 2.19. The average molecular weight is 266 g/mol. The molecular weight excluding hydrogens is 244 g/mol. The fourth-order valence-corrected chi connectivity index (χ4v) is 2.24. The summed E-state index contributed by atoms with van der Waals surface area (Å²) < 4.78 is 5.15. The van der Waals surface area contributed by atoms with Gasteiger partial charge < -0.3 is 19.9 Å². The lowest BCUT2D eigenvalue weighted by Crippen LogP contribution is -2.51. The van der Waals surface area contributed by atoms with Crippen LogP contribution in [0, 0.1) is 0 Å². The molecule has 7 heteroatoms. The highest BCUT2D eigenvalue weighted by molar-refractivity contribution is 5.39. The predicted octanol–water partition coefficient (Wildman–Crippen LogP) is 0.452. The lowest BCUT2D eigenvalue weighted by Gasteiger charge is -2.38. The van der Waals surface area contributed by atoms with Crippen LogP contribution in [0.2, 0.25) is 0 Å². The first kappa shape index (κ1) is 13.8. The first-order valence-electron chi connectivity index (χ1n) is 6.63. The van der Waals surface area contributed by atoms with Crippen molar-refractivity contribution in [3.63, 3.8) is 0 Å². The molecule has 0 radical (unpaired) electrons. The Morgan fingerprint density at radius 3 is 2.74 bits per heavy atom. The molecule has 0 spiro atoms. The molecule has 1 aliphatic rings. The molecule has 7 nitrogen and oxygen atoms in total. The second-order valence-electron chi connectivity index (χ2n) is 4.78. The van der Waals surface area contributed by atoms with Crippen LogP contribution in [0.3, 0.4) is 0 Å². The molecule has 106 valence electrons. The standard InChI is InChI=1S/C12H22N6O/c1-5-13-10-14-11(16-12(15-10)19-4)18-7-6-17(3)8-9(18)2/h9H,5-8H2,1-4H3,(H,13,14,15,16). The van der Waals surface area contributed by atoms with E-state index in [-0.39, 0.29) is 0 Å². The smallest absolute Gasteiger partial charge is 0.322 e. The molecule has 1 N–H and O–H groups in total. The van der Waals surface area contributed by atoms with E-state index in [2.05, 4.69) is 44.0 Å². The number of rotatable bonds is 4. The maximum absolute atomic E-state index is 5.15. The van der Waals surface area contributed by atoms with Crippen LogP contribution in [-0.4, -0.2) is 66.2 Å². The van der Waals surface area contributed by atoms with Gasteiger partial charge in [-0.25, -0.2) is 0 Å². The SMILES string of the molecule is CCNc1nc(OC)nc(N2CCN(C)CC2C)n1. The van der Waals surface area contributed by atoms with Crippen molar-refractivity contribution in [3.8, 4) is 6.01 Å². The zero-order valence-electron chi connectivity index (χ0n) is 12.1. The number of hydrogen-bond acceptors (Lipinski definition) is 7. The molecule has 19 heavy (non-hydrogen) atoms. The minimum Gasteiger partial charge on any atom is -0.467 e. The minimum absolute atomic E-state index is 0.354. The Kier molecular flexibility index (Phi) is 4.36. The van der Waals surface area contributed by atoms with E-state index < -0.39 is 0 Å². The van der Waals surface area contributed by atoms with Gasteiger partial charge in [0.05, 0.1) is 7.11 Å². The fraction of sp³-hybridized carbons (Fsp3) is 0.750. The number of aromatic nitrogens is 3. The van der Waals surface area contributed by atoms with E-state index in [1.807, 2.05) is 6.92 Å². The number of nitrogens with one attached hydrogen (secondary N) is 1. The van der Waals surface area contributed by atoms with Crippen molar-refractivity contribution in [1.29, 1.82) is 0 Å². The van der Waals surface area contributed by atoms with E-state index >= 15 is 0 Å². The molecule has 1 aliphatic heterocycles. The molecule has 2 heterocycles. The summed E-state index contributed by atoms with van der Waals surface area (Å²) in [5.41, 5.74) is 0. The summed E-state index contributed by atoms with van der Waals surface area (Å²) in [5.74, 6) is 1.25. The molecule has 1 unspecified atom stereocenters. The first-order chi connectivity index (χ1) is 9.13. The average Bonchev–Trinajstić information content (AvgIpc) is 2.38. The molecule has 1 saturated heterocycles. The van der Waals surface area contributed by atoms with Gasteiger partial charge in [0.25, 0.3) is 0 Å². The first-order valence-corrected chi connectivity index (χ1v) is 6.63. The third-order valence-corrected chi connectivity index (χ3v) is 3.21. The molecule has 0 bridgehead atoms. The molecule has 1 fully saturated rings. The van der Waals surface area contributed by atoms with Crippen LogP contribution in [-0.2, 0) is 0 Å². The number of hydrogen-bond donors (Lipinski definition) is 1. The van der Waals surface area contributed by atoms with Crippen molar-refractivity contribution in [1.82, 2.24) is 19.9 Å². The maximum Gasteiger partial charge on any atom is 0.322 e. The summed E-state index contributed by atoms with van der Waals surface area (Å²) in [6.07, 6.45) is 0. The molecule has 0 aliphatic carbocycles. The Balaban J connectivity index is 2.25. The van der Waals surface area contributed by atoms with Gasteiger partial charge in [-0.3, -0.25) is 0 Å². The van der Waals surface area contributed by atoms with Crippen molar-refractivity contribution in [2.24, 2.45) is 0 Å². The van der Waals surface area contributed by atoms with Crippen LogP contribution in [0.1, 0.15) is 13.8 Å². The zero-order chi connectivity index (χ0) is 13.8. The van der Waals surface area contributed by atoms with Crippen LogP contribution in [0.5, 0.6) is 6.01 Å². The Hall–Kier alpha value is -1.63. The lowest BCUT2D eigenvalue weighted by molar-refractivity contribution is 0.273. The number of nitrogens with zero attached hydrogens (tertiary/aromatic N) is 5. The minimum atomic E-state index is 0.354. The van der Waals surface area contributed by atoms with Crippen LogP contribution >= 0.6 is 0 Å². The molecule has 0 saturated carbocycles. The van der Waals surface area contributed by atoms with Gasteiger partial charge in [-0.05, 0) is 20.9 Å². The fourth-order valence-electron chi connectivity index (χ4n) is 2.24. The second-order valence-corrected chi connectivity index (χ2v) is 4.78. The van der Waals surface area contributed by atoms with Crippen LogP contribution in [0.15, 0.2) is 0 Å². The van der Waals surface area contributed by atoms with Crippen LogP contribution < -0.4 is 15.0 Å². The van der Waals surface area contributed by atoms with Crippen LogP contribution in [0.25, 0.3) is 0 Å². The van der Waals surface area contributed by atoms with Gasteiger partial charge >= 0.3 is 6.01 Å². The summed E-state index contributed by atoms with van der Waals surface area (Å²) >= 11 is 0. The van der Waals surface area contributed by atoms with Gasteiger partial charge in [0.15, 0.2) is 0 Å². The van der Waals surface area contributed by atoms with E-state index in [1.165, 1.54) is 0 Å². The van der Waals surface area contributed by atoms with Crippen molar-refractivity contribution in [2.45, 2.75) is 19.9 Å². The Labute approximate surface area is 114 Å². The Morgan fingerprint density at radius 2 is 2.11 bits per heavy atom. The largest absolute Gasteiger partial charge is 0.467 e. The van der Waals surface area contributed by atoms with Gasteiger partial charge in [0, 0.05) is 32.2 Å². The maximum atomic E-state index is 5.15. The Morgan fingerprint density at radius 1 is 1.32 bits per heavy atom. The third-order valence-electron chi connectivity index (χ3n) is 3.21. The topological polar surface area (TPSA) is 66.4 Å². The Bertz CT molecular complexity index is 427. The highest BCUT2D eigenvalue weighted by Gasteiger charge is 2.24. The summed E-state index contributed by atoms with van der Waals surface area (Å²) in [4.78, 5) is 17.5. The van der Waals surface area contributed by atoms with Gasteiger partial charge in [-0.15, -0.1) is 0 Å². The third kappa shape index (κ3) is 3.23. The summed E-state index contributed by atoms with van der Waals surface area (Å²) in [5, 5.41) is 3.11. The summed E-state index contributed by atoms with van der Waals surface area (Å²) in [6.45, 7) is 7.88.